The maximum absolute atomic E-state index is 11.4. The van der Waals surface area contributed by atoms with Crippen molar-refractivity contribution in [2.24, 2.45) is 5.92 Å². The van der Waals surface area contributed by atoms with Crippen molar-refractivity contribution < 1.29 is 9.53 Å². The number of carbonyl (C=O) groups is 1. The minimum absolute atomic E-state index is 0.190. The summed E-state index contributed by atoms with van der Waals surface area (Å²) in [6.45, 7) is 8.27. The van der Waals surface area contributed by atoms with Gasteiger partial charge in [0.25, 0.3) is 0 Å². The van der Waals surface area contributed by atoms with Crippen LogP contribution in [0.3, 0.4) is 0 Å². The second-order valence-electron chi connectivity index (χ2n) is 3.54. The molecular formula is C10H17N3O2. The van der Waals surface area contributed by atoms with Gasteiger partial charge in [0.15, 0.2) is 0 Å². The average molecular weight is 211 g/mol. The molecule has 1 atom stereocenters. The second-order valence-corrected chi connectivity index (χ2v) is 3.54. The van der Waals surface area contributed by atoms with Gasteiger partial charge in [-0.15, -0.1) is 0 Å². The summed E-state index contributed by atoms with van der Waals surface area (Å²) in [6.07, 6.45) is 0. The standard InChI is InChI=1S/C10H17N3O2/c1-5-15-10(14)7(2)6-13-9(4)11-8(3)12-13/h7H,5-6H2,1-4H3. The van der Waals surface area contributed by atoms with Gasteiger partial charge in [-0.1, -0.05) is 6.92 Å². The molecule has 1 aromatic rings. The number of aromatic nitrogens is 3. The third-order valence-corrected chi connectivity index (χ3v) is 2.10. The van der Waals surface area contributed by atoms with Gasteiger partial charge in [-0.05, 0) is 20.8 Å². The fourth-order valence-electron chi connectivity index (χ4n) is 1.35. The first kappa shape index (κ1) is 11.7. The van der Waals surface area contributed by atoms with Crippen molar-refractivity contribution in [3.63, 3.8) is 0 Å². The van der Waals surface area contributed by atoms with Gasteiger partial charge in [0, 0.05) is 0 Å². The minimum atomic E-state index is -0.190. The van der Waals surface area contributed by atoms with Crippen LogP contribution in [0, 0.1) is 19.8 Å². The molecule has 15 heavy (non-hydrogen) atoms. The third kappa shape index (κ3) is 3.04. The van der Waals surface area contributed by atoms with Crippen LogP contribution in [0.1, 0.15) is 25.5 Å². The number of hydrogen-bond donors (Lipinski definition) is 0. The van der Waals surface area contributed by atoms with E-state index in [2.05, 4.69) is 10.1 Å². The molecule has 5 nitrogen and oxygen atoms in total. The molecule has 0 aliphatic heterocycles. The van der Waals surface area contributed by atoms with E-state index in [-0.39, 0.29) is 11.9 Å². The van der Waals surface area contributed by atoms with Gasteiger partial charge in [-0.3, -0.25) is 4.79 Å². The van der Waals surface area contributed by atoms with Gasteiger partial charge in [0.1, 0.15) is 11.6 Å². The average Bonchev–Trinajstić information content (AvgIpc) is 2.45. The van der Waals surface area contributed by atoms with E-state index in [1.54, 1.807) is 11.6 Å². The quantitative estimate of drug-likeness (QED) is 0.700. The zero-order chi connectivity index (χ0) is 11.4. The third-order valence-electron chi connectivity index (χ3n) is 2.10. The van der Waals surface area contributed by atoms with Gasteiger partial charge in [0.05, 0.1) is 19.1 Å². The van der Waals surface area contributed by atoms with Crippen molar-refractivity contribution in [3.8, 4) is 0 Å². The molecular weight excluding hydrogens is 194 g/mol. The number of rotatable bonds is 4. The highest BCUT2D eigenvalue weighted by atomic mass is 16.5. The Kier molecular flexibility index (Phi) is 3.82. The lowest BCUT2D eigenvalue weighted by atomic mass is 10.2. The highest BCUT2D eigenvalue weighted by Crippen LogP contribution is 2.05. The van der Waals surface area contributed by atoms with Crippen LogP contribution >= 0.6 is 0 Å². The van der Waals surface area contributed by atoms with Crippen molar-refractivity contribution in [1.82, 2.24) is 14.8 Å². The van der Waals surface area contributed by atoms with E-state index in [1.807, 2.05) is 20.8 Å². The highest BCUT2D eigenvalue weighted by molar-refractivity contribution is 5.71. The zero-order valence-corrected chi connectivity index (χ0v) is 9.65. The first-order chi connectivity index (χ1) is 7.04. The molecule has 1 rings (SSSR count). The lowest BCUT2D eigenvalue weighted by Gasteiger charge is -2.10. The van der Waals surface area contributed by atoms with E-state index in [4.69, 9.17) is 4.74 Å². The molecule has 0 radical (unpaired) electrons. The predicted octanol–water partition coefficient (Wildman–Crippen LogP) is 1.09. The summed E-state index contributed by atoms with van der Waals surface area (Å²) in [6, 6.07) is 0. The molecule has 1 unspecified atom stereocenters. The van der Waals surface area contributed by atoms with E-state index in [0.717, 1.165) is 11.6 Å². The summed E-state index contributed by atoms with van der Waals surface area (Å²) in [4.78, 5) is 15.6. The van der Waals surface area contributed by atoms with Crippen LogP contribution in [0.25, 0.3) is 0 Å². The number of nitrogens with zero attached hydrogens (tertiary/aromatic N) is 3. The predicted molar refractivity (Wildman–Crippen MR) is 55.3 cm³/mol. The molecule has 5 heteroatoms. The maximum Gasteiger partial charge on any atom is 0.310 e. The van der Waals surface area contributed by atoms with Crippen LogP contribution < -0.4 is 0 Å². The fourth-order valence-corrected chi connectivity index (χ4v) is 1.35. The smallest absolute Gasteiger partial charge is 0.310 e. The van der Waals surface area contributed by atoms with Gasteiger partial charge in [-0.25, -0.2) is 9.67 Å². The monoisotopic (exact) mass is 211 g/mol. The number of carbonyl (C=O) groups excluding carboxylic acids is 1. The van der Waals surface area contributed by atoms with E-state index in [9.17, 15) is 4.79 Å². The molecule has 0 fully saturated rings. The van der Waals surface area contributed by atoms with Crippen molar-refractivity contribution >= 4 is 5.97 Å². The summed E-state index contributed by atoms with van der Waals surface area (Å²) in [5.74, 6) is 1.17. The summed E-state index contributed by atoms with van der Waals surface area (Å²) in [5, 5.41) is 4.19. The Balaban J connectivity index is 2.61. The van der Waals surface area contributed by atoms with Crippen LogP contribution in [0.15, 0.2) is 0 Å². The first-order valence-electron chi connectivity index (χ1n) is 5.09. The van der Waals surface area contributed by atoms with Gasteiger partial charge in [-0.2, -0.15) is 5.10 Å². The maximum atomic E-state index is 11.4. The van der Waals surface area contributed by atoms with Gasteiger partial charge >= 0.3 is 5.97 Å². The Labute approximate surface area is 89.5 Å². The Morgan fingerprint density at radius 2 is 2.20 bits per heavy atom. The molecule has 0 bridgehead atoms. The van der Waals surface area contributed by atoms with Gasteiger partial charge in [0.2, 0.25) is 0 Å². The first-order valence-corrected chi connectivity index (χ1v) is 5.09. The molecule has 0 saturated carbocycles. The zero-order valence-electron chi connectivity index (χ0n) is 9.65. The number of ether oxygens (including phenoxy) is 1. The summed E-state index contributed by atoms with van der Waals surface area (Å²) in [7, 11) is 0. The molecule has 1 heterocycles. The van der Waals surface area contributed by atoms with Crippen LogP contribution in [0.2, 0.25) is 0 Å². The van der Waals surface area contributed by atoms with E-state index in [0.29, 0.717) is 13.2 Å². The van der Waals surface area contributed by atoms with E-state index in [1.165, 1.54) is 0 Å². The van der Waals surface area contributed by atoms with Crippen molar-refractivity contribution in [2.45, 2.75) is 34.2 Å². The molecule has 0 N–H and O–H groups in total. The molecule has 1 aromatic heterocycles. The molecule has 84 valence electrons. The molecule has 0 saturated heterocycles. The minimum Gasteiger partial charge on any atom is -0.466 e. The molecule has 0 spiro atoms. The molecule has 0 amide bonds. The SMILES string of the molecule is CCOC(=O)C(C)Cn1nc(C)nc1C. The van der Waals surface area contributed by atoms with Crippen molar-refractivity contribution in [3.05, 3.63) is 11.6 Å². The van der Waals surface area contributed by atoms with Crippen LogP contribution in [0.5, 0.6) is 0 Å². The number of aryl methyl sites for hydroxylation is 2. The Morgan fingerprint density at radius 1 is 1.53 bits per heavy atom. The van der Waals surface area contributed by atoms with E-state index >= 15 is 0 Å². The molecule has 0 aliphatic rings. The Hall–Kier alpha value is -1.39. The van der Waals surface area contributed by atoms with E-state index < -0.39 is 0 Å². The largest absolute Gasteiger partial charge is 0.466 e. The lowest BCUT2D eigenvalue weighted by Crippen LogP contribution is -2.21. The second kappa shape index (κ2) is 4.91. The topological polar surface area (TPSA) is 57.0 Å². The Bertz CT molecular complexity index is 346. The van der Waals surface area contributed by atoms with Gasteiger partial charge < -0.3 is 4.74 Å². The number of hydrogen-bond acceptors (Lipinski definition) is 4. The normalized spacial score (nSPS) is 12.5. The van der Waals surface area contributed by atoms with Crippen LogP contribution in [-0.4, -0.2) is 27.3 Å². The molecule has 0 aliphatic carbocycles. The van der Waals surface area contributed by atoms with Crippen molar-refractivity contribution in [2.75, 3.05) is 6.61 Å². The lowest BCUT2D eigenvalue weighted by molar-refractivity contribution is -0.147. The van der Waals surface area contributed by atoms with Crippen LogP contribution in [0.4, 0.5) is 0 Å². The summed E-state index contributed by atoms with van der Waals surface area (Å²) >= 11 is 0. The van der Waals surface area contributed by atoms with Crippen molar-refractivity contribution in [1.29, 1.82) is 0 Å². The summed E-state index contributed by atoms with van der Waals surface area (Å²) in [5.41, 5.74) is 0. The Morgan fingerprint density at radius 3 is 2.67 bits per heavy atom. The van der Waals surface area contributed by atoms with Crippen LogP contribution in [-0.2, 0) is 16.1 Å². The molecule has 0 aromatic carbocycles. The summed E-state index contributed by atoms with van der Waals surface area (Å²) < 4.78 is 6.66. The number of esters is 1. The fraction of sp³-hybridized carbons (Fsp3) is 0.700. The highest BCUT2D eigenvalue weighted by Gasteiger charge is 2.16.